The summed E-state index contributed by atoms with van der Waals surface area (Å²) in [6.07, 6.45) is 4.49. The topological polar surface area (TPSA) is 83.8 Å². The summed E-state index contributed by atoms with van der Waals surface area (Å²) in [4.78, 5) is 22.4. The maximum absolute atomic E-state index is 12.8. The molecular weight excluding hydrogens is 428 g/mol. The van der Waals surface area contributed by atoms with Crippen LogP contribution in [-0.4, -0.2) is 26.8 Å². The number of H-pyrrole nitrogens is 1. The number of benzene rings is 1. The molecular formula is C23H24N4O2S2. The molecule has 2 N–H and O–H groups in total. The minimum absolute atomic E-state index is 0.00715. The van der Waals surface area contributed by atoms with Crippen LogP contribution in [0, 0.1) is 13.8 Å². The molecule has 0 spiro atoms. The zero-order valence-corrected chi connectivity index (χ0v) is 19.2. The predicted molar refractivity (Wildman–Crippen MR) is 127 cm³/mol. The van der Waals surface area contributed by atoms with Crippen molar-refractivity contribution in [3.63, 3.8) is 0 Å². The minimum Gasteiger partial charge on any atom is -0.361 e. The number of fused-ring (bicyclic) bond motifs is 2. The third-order valence-corrected chi connectivity index (χ3v) is 7.88. The van der Waals surface area contributed by atoms with Gasteiger partial charge in [-0.3, -0.25) is 4.79 Å². The van der Waals surface area contributed by atoms with E-state index in [2.05, 4.69) is 15.5 Å². The highest BCUT2D eigenvalue weighted by atomic mass is 32.2. The van der Waals surface area contributed by atoms with E-state index in [1.807, 2.05) is 38.1 Å². The Balaban J connectivity index is 1.37. The molecule has 0 atom stereocenters. The Morgan fingerprint density at radius 1 is 1.26 bits per heavy atom. The van der Waals surface area contributed by atoms with Crippen molar-refractivity contribution in [1.82, 2.24) is 15.1 Å². The number of carbonyl (C=O) groups is 1. The van der Waals surface area contributed by atoms with Gasteiger partial charge < -0.3 is 14.8 Å². The number of aromatic amines is 1. The number of para-hydroxylation sites is 2. The van der Waals surface area contributed by atoms with Gasteiger partial charge in [0.1, 0.15) is 16.6 Å². The van der Waals surface area contributed by atoms with Crippen molar-refractivity contribution in [2.75, 3.05) is 11.1 Å². The van der Waals surface area contributed by atoms with Crippen LogP contribution in [-0.2, 0) is 23.4 Å². The summed E-state index contributed by atoms with van der Waals surface area (Å²) in [5.74, 6) is 2.77. The molecule has 4 aromatic rings. The monoisotopic (exact) mass is 452 g/mol. The standard InChI is InChI=1S/C23H24N4O2S2/c1-13-16(14(2)29-27-13)11-30-12-20(28)26-23-21(15-7-3-6-10-19(15)31-23)22-24-17-8-4-5-9-18(17)25-22/h4-5,8-9H,3,6-7,10-12H2,1-2H3,(H,24,25)(H,26,28). The smallest absolute Gasteiger partial charge is 0.234 e. The summed E-state index contributed by atoms with van der Waals surface area (Å²) in [5, 5.41) is 8.07. The maximum atomic E-state index is 12.8. The lowest BCUT2D eigenvalue weighted by molar-refractivity contribution is -0.113. The van der Waals surface area contributed by atoms with Gasteiger partial charge in [-0.15, -0.1) is 23.1 Å². The van der Waals surface area contributed by atoms with Gasteiger partial charge in [0.25, 0.3) is 0 Å². The molecule has 1 aromatic carbocycles. The molecule has 160 valence electrons. The van der Waals surface area contributed by atoms with Gasteiger partial charge in [-0.25, -0.2) is 4.98 Å². The Morgan fingerprint density at radius 2 is 2.10 bits per heavy atom. The van der Waals surface area contributed by atoms with Crippen LogP contribution in [0.4, 0.5) is 5.00 Å². The van der Waals surface area contributed by atoms with Crippen molar-refractivity contribution in [1.29, 1.82) is 0 Å². The second-order valence-corrected chi connectivity index (χ2v) is 9.95. The molecule has 3 aromatic heterocycles. The van der Waals surface area contributed by atoms with E-state index >= 15 is 0 Å². The first-order valence-electron chi connectivity index (χ1n) is 10.5. The van der Waals surface area contributed by atoms with Gasteiger partial charge in [0.15, 0.2) is 0 Å². The molecule has 0 bridgehead atoms. The summed E-state index contributed by atoms with van der Waals surface area (Å²) in [7, 11) is 0. The van der Waals surface area contributed by atoms with Gasteiger partial charge in [0.05, 0.1) is 28.0 Å². The van der Waals surface area contributed by atoms with E-state index in [1.54, 1.807) is 23.1 Å². The van der Waals surface area contributed by atoms with Crippen molar-refractivity contribution in [3.8, 4) is 11.4 Å². The number of nitrogens with zero attached hydrogens (tertiary/aromatic N) is 2. The highest BCUT2D eigenvalue weighted by Gasteiger charge is 2.25. The molecule has 5 rings (SSSR count). The Bertz CT molecular complexity index is 1200. The van der Waals surface area contributed by atoms with Gasteiger partial charge in [0, 0.05) is 16.2 Å². The lowest BCUT2D eigenvalue weighted by atomic mass is 9.95. The van der Waals surface area contributed by atoms with Crippen LogP contribution in [0.1, 0.15) is 40.3 Å². The van der Waals surface area contributed by atoms with Crippen molar-refractivity contribution < 1.29 is 9.32 Å². The zero-order valence-electron chi connectivity index (χ0n) is 17.6. The number of aryl methyl sites for hydroxylation is 3. The number of amides is 1. The lowest BCUT2D eigenvalue weighted by Crippen LogP contribution is -2.14. The number of nitrogens with one attached hydrogen (secondary N) is 2. The van der Waals surface area contributed by atoms with Gasteiger partial charge in [-0.05, 0) is 57.2 Å². The first-order valence-corrected chi connectivity index (χ1v) is 12.5. The van der Waals surface area contributed by atoms with Crippen molar-refractivity contribution in [2.24, 2.45) is 0 Å². The molecule has 0 radical (unpaired) electrons. The lowest BCUT2D eigenvalue weighted by Gasteiger charge is -2.12. The number of hydrogen-bond acceptors (Lipinski definition) is 6. The second-order valence-electron chi connectivity index (χ2n) is 7.86. The molecule has 8 heteroatoms. The summed E-state index contributed by atoms with van der Waals surface area (Å²) in [6.45, 7) is 3.84. The van der Waals surface area contributed by atoms with Crippen LogP contribution in [0.25, 0.3) is 22.4 Å². The summed E-state index contributed by atoms with van der Waals surface area (Å²) < 4.78 is 5.21. The Labute approximate surface area is 188 Å². The SMILES string of the molecule is Cc1noc(C)c1CSCC(=O)Nc1sc2c(c1-c1nc3ccccc3[nH]1)CCCC2. The Morgan fingerprint density at radius 3 is 2.90 bits per heavy atom. The van der Waals surface area contributed by atoms with Gasteiger partial charge in [-0.1, -0.05) is 17.3 Å². The quantitative estimate of drug-likeness (QED) is 0.395. The van der Waals surface area contributed by atoms with Gasteiger partial charge in [-0.2, -0.15) is 0 Å². The van der Waals surface area contributed by atoms with E-state index in [0.29, 0.717) is 11.5 Å². The highest BCUT2D eigenvalue weighted by Crippen LogP contribution is 2.43. The van der Waals surface area contributed by atoms with Crippen molar-refractivity contribution in [3.05, 3.63) is 51.7 Å². The molecule has 0 saturated heterocycles. The average molecular weight is 453 g/mol. The van der Waals surface area contributed by atoms with Gasteiger partial charge in [0.2, 0.25) is 5.91 Å². The number of aromatic nitrogens is 3. The van der Waals surface area contributed by atoms with E-state index in [1.165, 1.54) is 23.3 Å². The first kappa shape index (κ1) is 20.3. The van der Waals surface area contributed by atoms with E-state index in [4.69, 9.17) is 9.51 Å². The number of thiophene rings is 1. The van der Waals surface area contributed by atoms with E-state index in [0.717, 1.165) is 57.3 Å². The molecule has 1 amide bonds. The fourth-order valence-electron chi connectivity index (χ4n) is 4.09. The number of rotatable bonds is 6. The zero-order chi connectivity index (χ0) is 21.4. The van der Waals surface area contributed by atoms with Crippen LogP contribution in [0.15, 0.2) is 28.8 Å². The summed E-state index contributed by atoms with van der Waals surface area (Å²) in [5.41, 5.74) is 6.34. The minimum atomic E-state index is 0.00715. The third kappa shape index (κ3) is 4.02. The molecule has 1 aliphatic carbocycles. The number of anilines is 1. The van der Waals surface area contributed by atoms with Crippen molar-refractivity contribution >= 4 is 45.0 Å². The van der Waals surface area contributed by atoms with Crippen LogP contribution >= 0.6 is 23.1 Å². The fraction of sp³-hybridized carbons (Fsp3) is 0.348. The van der Waals surface area contributed by atoms with E-state index in [-0.39, 0.29) is 5.91 Å². The average Bonchev–Trinajstić information content (AvgIpc) is 3.43. The third-order valence-electron chi connectivity index (χ3n) is 5.71. The fourth-order valence-corrected chi connectivity index (χ4v) is 6.37. The second kappa shape index (κ2) is 8.51. The number of carbonyl (C=O) groups excluding carboxylic acids is 1. The van der Waals surface area contributed by atoms with Gasteiger partial charge >= 0.3 is 0 Å². The summed E-state index contributed by atoms with van der Waals surface area (Å²) >= 11 is 3.28. The molecule has 0 aliphatic heterocycles. The van der Waals surface area contributed by atoms with Crippen LogP contribution in [0.2, 0.25) is 0 Å². The largest absolute Gasteiger partial charge is 0.361 e. The molecule has 0 fully saturated rings. The molecule has 6 nitrogen and oxygen atoms in total. The normalized spacial score (nSPS) is 13.5. The molecule has 3 heterocycles. The number of imidazole rings is 1. The predicted octanol–water partition coefficient (Wildman–Crippen LogP) is 5.65. The Kier molecular flexibility index (Phi) is 5.58. The Hall–Kier alpha value is -2.58. The highest BCUT2D eigenvalue weighted by molar-refractivity contribution is 7.99. The van der Waals surface area contributed by atoms with E-state index in [9.17, 15) is 4.79 Å². The van der Waals surface area contributed by atoms with Crippen molar-refractivity contribution in [2.45, 2.75) is 45.3 Å². The molecule has 0 saturated carbocycles. The maximum Gasteiger partial charge on any atom is 0.234 e. The number of thioether (sulfide) groups is 1. The first-order chi connectivity index (χ1) is 15.1. The van der Waals surface area contributed by atoms with Crippen LogP contribution in [0.5, 0.6) is 0 Å². The number of hydrogen-bond donors (Lipinski definition) is 2. The molecule has 1 aliphatic rings. The van der Waals surface area contributed by atoms with Crippen LogP contribution < -0.4 is 5.32 Å². The van der Waals surface area contributed by atoms with Crippen LogP contribution in [0.3, 0.4) is 0 Å². The molecule has 0 unspecified atom stereocenters. The molecule has 31 heavy (non-hydrogen) atoms. The summed E-state index contributed by atoms with van der Waals surface area (Å²) in [6, 6.07) is 8.05. The van der Waals surface area contributed by atoms with E-state index < -0.39 is 0 Å².